The van der Waals surface area contributed by atoms with Crippen LogP contribution in [0, 0.1) is 12.7 Å². The number of anilines is 1. The Bertz CT molecular complexity index is 1230. The van der Waals surface area contributed by atoms with Crippen LogP contribution in [0.5, 0.6) is 0 Å². The number of methoxy groups -OCH3 is 1. The van der Waals surface area contributed by atoms with Gasteiger partial charge in [-0.2, -0.15) is 0 Å². The predicted molar refractivity (Wildman–Crippen MR) is 115 cm³/mol. The number of fused-ring (bicyclic) bond motifs is 2. The van der Waals surface area contributed by atoms with Gasteiger partial charge in [0.15, 0.2) is 5.43 Å². The average Bonchev–Trinajstić information content (AvgIpc) is 2.76. The molecule has 0 saturated heterocycles. The van der Waals surface area contributed by atoms with Crippen molar-refractivity contribution in [3.63, 3.8) is 0 Å². The maximum atomic E-state index is 14.3. The van der Waals surface area contributed by atoms with Gasteiger partial charge < -0.3 is 15.0 Å². The number of carbonyl (C=O) groups is 2. The summed E-state index contributed by atoms with van der Waals surface area (Å²) in [4.78, 5) is 42.0. The van der Waals surface area contributed by atoms with E-state index in [-0.39, 0.29) is 29.8 Å². The molecule has 2 aromatic carbocycles. The molecule has 8 heteroatoms. The van der Waals surface area contributed by atoms with Gasteiger partial charge in [-0.05, 0) is 42.8 Å². The number of pyridine rings is 1. The van der Waals surface area contributed by atoms with E-state index in [2.05, 4.69) is 15.0 Å². The van der Waals surface area contributed by atoms with Gasteiger partial charge in [0.25, 0.3) is 0 Å². The first-order valence-corrected chi connectivity index (χ1v) is 9.91. The van der Waals surface area contributed by atoms with Crippen LogP contribution in [0.2, 0.25) is 0 Å². The number of benzene rings is 2. The molecule has 160 valence electrons. The number of aromatic nitrogens is 1. The number of nitrogens with zero attached hydrogens (tertiary/aromatic N) is 1. The first-order valence-electron chi connectivity index (χ1n) is 9.91. The van der Waals surface area contributed by atoms with Crippen LogP contribution in [0.4, 0.5) is 10.1 Å². The van der Waals surface area contributed by atoms with E-state index >= 15 is 0 Å². The summed E-state index contributed by atoms with van der Waals surface area (Å²) in [6.07, 6.45) is 0.567. The Hall–Kier alpha value is -3.52. The Balaban J connectivity index is 1.48. The van der Waals surface area contributed by atoms with Crippen molar-refractivity contribution in [2.24, 2.45) is 0 Å². The largest absolute Gasteiger partial charge is 0.465 e. The number of esters is 1. The summed E-state index contributed by atoms with van der Waals surface area (Å²) in [5.41, 5.74) is 3.26. The summed E-state index contributed by atoms with van der Waals surface area (Å²) in [6, 6.07) is 9.34. The Kier molecular flexibility index (Phi) is 5.56. The fourth-order valence-corrected chi connectivity index (χ4v) is 3.88. The quantitative estimate of drug-likeness (QED) is 0.630. The SMILES string of the molecule is COC(=O)c1ccc(NC(=O)CN2CCc3[nH]c4c(C)ccc(F)c4c(=O)c3C2)cc1. The Morgan fingerprint density at radius 2 is 1.94 bits per heavy atom. The molecule has 1 amide bonds. The first kappa shape index (κ1) is 20.7. The van der Waals surface area contributed by atoms with Gasteiger partial charge in [0.05, 0.1) is 30.1 Å². The maximum Gasteiger partial charge on any atom is 0.337 e. The zero-order valence-electron chi connectivity index (χ0n) is 17.3. The van der Waals surface area contributed by atoms with Gasteiger partial charge in [0.1, 0.15) is 5.82 Å². The van der Waals surface area contributed by atoms with Crippen molar-refractivity contribution in [1.29, 1.82) is 0 Å². The van der Waals surface area contributed by atoms with Crippen molar-refractivity contribution in [2.45, 2.75) is 19.9 Å². The highest BCUT2D eigenvalue weighted by molar-refractivity contribution is 5.94. The summed E-state index contributed by atoms with van der Waals surface area (Å²) in [7, 11) is 1.30. The Labute approximate surface area is 177 Å². The van der Waals surface area contributed by atoms with Crippen molar-refractivity contribution in [2.75, 3.05) is 25.5 Å². The van der Waals surface area contributed by atoms with Gasteiger partial charge in [-0.25, -0.2) is 9.18 Å². The number of amides is 1. The van der Waals surface area contributed by atoms with E-state index in [0.29, 0.717) is 35.3 Å². The third-order valence-corrected chi connectivity index (χ3v) is 5.52. The lowest BCUT2D eigenvalue weighted by atomic mass is 10.0. The molecule has 1 aromatic heterocycles. The van der Waals surface area contributed by atoms with E-state index in [1.807, 2.05) is 11.8 Å². The molecule has 7 nitrogen and oxygen atoms in total. The van der Waals surface area contributed by atoms with Crippen LogP contribution in [0.3, 0.4) is 0 Å². The number of hydrogen-bond donors (Lipinski definition) is 2. The van der Waals surface area contributed by atoms with Crippen molar-refractivity contribution in [1.82, 2.24) is 9.88 Å². The molecule has 0 aliphatic carbocycles. The third-order valence-electron chi connectivity index (χ3n) is 5.52. The van der Waals surface area contributed by atoms with Crippen LogP contribution in [-0.4, -0.2) is 42.0 Å². The molecular weight excluding hydrogens is 401 g/mol. The van der Waals surface area contributed by atoms with E-state index in [9.17, 15) is 18.8 Å². The molecule has 0 fully saturated rings. The lowest BCUT2D eigenvalue weighted by Crippen LogP contribution is -2.39. The van der Waals surface area contributed by atoms with Crippen LogP contribution in [0.15, 0.2) is 41.2 Å². The van der Waals surface area contributed by atoms with Crippen LogP contribution in [0.1, 0.15) is 27.2 Å². The minimum absolute atomic E-state index is 0.0655. The monoisotopic (exact) mass is 423 g/mol. The fraction of sp³-hybridized carbons (Fsp3) is 0.261. The Morgan fingerprint density at radius 3 is 2.65 bits per heavy atom. The molecule has 0 radical (unpaired) electrons. The molecule has 0 saturated carbocycles. The Morgan fingerprint density at radius 1 is 1.19 bits per heavy atom. The van der Waals surface area contributed by atoms with E-state index in [1.165, 1.54) is 13.2 Å². The number of hydrogen-bond acceptors (Lipinski definition) is 5. The van der Waals surface area contributed by atoms with Gasteiger partial charge in [-0.1, -0.05) is 6.07 Å². The third kappa shape index (κ3) is 4.06. The fourth-order valence-electron chi connectivity index (χ4n) is 3.88. The molecule has 2 heterocycles. The smallest absolute Gasteiger partial charge is 0.337 e. The summed E-state index contributed by atoms with van der Waals surface area (Å²) in [5.74, 6) is -1.24. The topological polar surface area (TPSA) is 91.5 Å². The number of carbonyl (C=O) groups excluding carboxylic acids is 2. The highest BCUT2D eigenvalue weighted by Crippen LogP contribution is 2.22. The van der Waals surface area contributed by atoms with Gasteiger partial charge in [-0.15, -0.1) is 0 Å². The molecular formula is C23H22FN3O4. The molecule has 0 spiro atoms. The maximum absolute atomic E-state index is 14.3. The van der Waals surface area contributed by atoms with Crippen LogP contribution < -0.4 is 10.7 Å². The summed E-state index contributed by atoms with van der Waals surface area (Å²) in [6.45, 7) is 2.79. The molecule has 31 heavy (non-hydrogen) atoms. The number of ether oxygens (including phenoxy) is 1. The van der Waals surface area contributed by atoms with E-state index in [4.69, 9.17) is 0 Å². The minimum Gasteiger partial charge on any atom is -0.465 e. The number of nitrogens with one attached hydrogen (secondary N) is 2. The van der Waals surface area contributed by atoms with Crippen LogP contribution in [-0.2, 0) is 22.5 Å². The highest BCUT2D eigenvalue weighted by Gasteiger charge is 2.24. The van der Waals surface area contributed by atoms with Gasteiger partial charge >= 0.3 is 5.97 Å². The second-order valence-corrected chi connectivity index (χ2v) is 7.60. The summed E-state index contributed by atoms with van der Waals surface area (Å²) in [5, 5.41) is 2.85. The number of halogens is 1. The second-order valence-electron chi connectivity index (χ2n) is 7.60. The first-order chi connectivity index (χ1) is 14.9. The zero-order chi connectivity index (χ0) is 22.1. The van der Waals surface area contributed by atoms with Crippen LogP contribution in [0.25, 0.3) is 10.9 Å². The average molecular weight is 423 g/mol. The molecule has 0 bridgehead atoms. The lowest BCUT2D eigenvalue weighted by molar-refractivity contribution is -0.117. The van der Waals surface area contributed by atoms with E-state index in [1.54, 1.807) is 30.3 Å². The normalized spacial score (nSPS) is 13.6. The standard InChI is InChI=1S/C23H22FN3O4/c1-13-3-8-17(24)20-21(13)26-18-9-10-27(11-16(18)22(20)29)12-19(28)25-15-6-4-14(5-7-15)23(30)31-2/h3-8H,9-12H2,1-2H3,(H,25,28)(H,26,29). The summed E-state index contributed by atoms with van der Waals surface area (Å²) < 4.78 is 19.0. The zero-order valence-corrected chi connectivity index (χ0v) is 17.3. The van der Waals surface area contributed by atoms with Crippen LogP contribution >= 0.6 is 0 Å². The second kappa shape index (κ2) is 8.31. The molecule has 0 atom stereocenters. The molecule has 1 aliphatic heterocycles. The summed E-state index contributed by atoms with van der Waals surface area (Å²) >= 11 is 0. The lowest BCUT2D eigenvalue weighted by Gasteiger charge is -2.28. The van der Waals surface area contributed by atoms with Crippen molar-refractivity contribution in [3.8, 4) is 0 Å². The molecule has 3 aromatic rings. The van der Waals surface area contributed by atoms with Gasteiger partial charge in [-0.3, -0.25) is 14.5 Å². The number of aryl methyl sites for hydroxylation is 1. The molecule has 2 N–H and O–H groups in total. The van der Waals surface area contributed by atoms with E-state index < -0.39 is 11.8 Å². The van der Waals surface area contributed by atoms with E-state index in [0.717, 1.165) is 11.3 Å². The van der Waals surface area contributed by atoms with Gasteiger partial charge in [0, 0.05) is 36.5 Å². The van der Waals surface area contributed by atoms with Crippen molar-refractivity contribution < 1.29 is 18.7 Å². The number of aromatic amines is 1. The number of rotatable bonds is 4. The number of H-pyrrole nitrogens is 1. The molecule has 1 aliphatic rings. The molecule has 4 rings (SSSR count). The van der Waals surface area contributed by atoms with Gasteiger partial charge in [0.2, 0.25) is 5.91 Å². The molecule has 0 unspecified atom stereocenters. The minimum atomic E-state index is -0.546. The predicted octanol–water partition coefficient (Wildman–Crippen LogP) is 2.76. The van der Waals surface area contributed by atoms with Crippen molar-refractivity contribution in [3.05, 3.63) is 74.8 Å². The van der Waals surface area contributed by atoms with Crippen molar-refractivity contribution >= 4 is 28.5 Å². The highest BCUT2D eigenvalue weighted by atomic mass is 19.1.